The first-order valence-electron chi connectivity index (χ1n) is 7.56. The largest absolute Gasteiger partial charge is 0.493 e. The molecule has 0 spiro atoms. The predicted octanol–water partition coefficient (Wildman–Crippen LogP) is 2.42. The van der Waals surface area contributed by atoms with Crippen LogP contribution < -0.4 is 10.1 Å². The molecule has 118 valence electrons. The molecule has 1 aliphatic rings. The quantitative estimate of drug-likeness (QED) is 0.759. The lowest BCUT2D eigenvalue weighted by molar-refractivity contribution is 0.160. The minimum atomic E-state index is -0.521. The molecule has 0 bridgehead atoms. The number of benzene rings is 1. The normalized spacial score (nSPS) is 18.4. The molecule has 0 aliphatic carbocycles. The third kappa shape index (κ3) is 5.73. The summed E-state index contributed by atoms with van der Waals surface area (Å²) in [4.78, 5) is 2.37. The van der Waals surface area contributed by atoms with Gasteiger partial charge in [0.15, 0.2) is 0 Å². The lowest BCUT2D eigenvalue weighted by Crippen LogP contribution is -2.32. The highest BCUT2D eigenvalue weighted by Crippen LogP contribution is 2.20. The van der Waals surface area contributed by atoms with Gasteiger partial charge in [-0.2, -0.15) is 0 Å². The van der Waals surface area contributed by atoms with Gasteiger partial charge in [-0.05, 0) is 63.2 Å². The molecule has 1 heterocycles. The van der Waals surface area contributed by atoms with E-state index in [4.69, 9.17) is 16.3 Å². The number of halogens is 1. The Kier molecular flexibility index (Phi) is 6.61. The molecule has 1 aromatic carbocycles. The van der Waals surface area contributed by atoms with Gasteiger partial charge in [-0.15, -0.1) is 11.6 Å². The third-order valence-corrected chi connectivity index (χ3v) is 4.25. The maximum absolute atomic E-state index is 9.40. The summed E-state index contributed by atoms with van der Waals surface area (Å²) >= 11 is 5.55. The number of anilines is 1. The zero-order valence-corrected chi connectivity index (χ0v) is 13.4. The maximum Gasteiger partial charge on any atom is 0.119 e. The average Bonchev–Trinajstić information content (AvgIpc) is 2.53. The Morgan fingerprint density at radius 2 is 2.00 bits per heavy atom. The molecule has 21 heavy (non-hydrogen) atoms. The van der Waals surface area contributed by atoms with E-state index >= 15 is 0 Å². The second kappa shape index (κ2) is 8.47. The molecule has 1 unspecified atom stereocenters. The van der Waals surface area contributed by atoms with Gasteiger partial charge < -0.3 is 20.1 Å². The Bertz CT molecular complexity index is 405. The van der Waals surface area contributed by atoms with Crippen molar-refractivity contribution in [1.82, 2.24) is 4.90 Å². The number of piperidine rings is 1. The van der Waals surface area contributed by atoms with Crippen molar-refractivity contribution in [3.05, 3.63) is 24.3 Å². The smallest absolute Gasteiger partial charge is 0.119 e. The topological polar surface area (TPSA) is 44.7 Å². The van der Waals surface area contributed by atoms with Gasteiger partial charge in [0, 0.05) is 12.2 Å². The van der Waals surface area contributed by atoms with Crippen LogP contribution in [0, 0.1) is 5.92 Å². The number of nitrogens with zero attached hydrogens (tertiary/aromatic N) is 1. The Labute approximate surface area is 132 Å². The number of aliphatic hydroxyl groups is 1. The van der Waals surface area contributed by atoms with Crippen molar-refractivity contribution < 1.29 is 9.84 Å². The fourth-order valence-corrected chi connectivity index (χ4v) is 2.51. The van der Waals surface area contributed by atoms with Gasteiger partial charge in [0.1, 0.15) is 5.75 Å². The Morgan fingerprint density at radius 3 is 2.62 bits per heavy atom. The minimum Gasteiger partial charge on any atom is -0.493 e. The fourth-order valence-electron chi connectivity index (χ4n) is 2.40. The highest BCUT2D eigenvalue weighted by atomic mass is 35.5. The van der Waals surface area contributed by atoms with Crippen molar-refractivity contribution in [3.8, 4) is 5.75 Å². The minimum absolute atomic E-state index is 0.241. The highest BCUT2D eigenvalue weighted by Gasteiger charge is 2.17. The van der Waals surface area contributed by atoms with Crippen LogP contribution >= 0.6 is 11.6 Å². The van der Waals surface area contributed by atoms with Gasteiger partial charge in [-0.1, -0.05) is 0 Å². The van der Waals surface area contributed by atoms with E-state index in [1.54, 1.807) is 0 Å². The molecule has 0 saturated carbocycles. The number of alkyl halides is 1. The predicted molar refractivity (Wildman–Crippen MR) is 87.4 cm³/mol. The number of hydrogen-bond donors (Lipinski definition) is 2. The number of likely N-dealkylation sites (tertiary alicyclic amines) is 1. The van der Waals surface area contributed by atoms with Gasteiger partial charge in [0.05, 0.1) is 18.6 Å². The molecule has 1 atom stereocenters. The summed E-state index contributed by atoms with van der Waals surface area (Å²) < 4.78 is 5.87. The first kappa shape index (κ1) is 16.4. The summed E-state index contributed by atoms with van der Waals surface area (Å²) in [5.74, 6) is 1.81. The Hall–Kier alpha value is -0.970. The first-order chi connectivity index (χ1) is 10.2. The Balaban J connectivity index is 1.72. The summed E-state index contributed by atoms with van der Waals surface area (Å²) in [6, 6.07) is 7.85. The van der Waals surface area contributed by atoms with Crippen molar-refractivity contribution in [2.24, 2.45) is 5.92 Å². The van der Waals surface area contributed by atoms with Gasteiger partial charge in [0.2, 0.25) is 0 Å². The molecule has 5 heteroatoms. The van der Waals surface area contributed by atoms with Crippen LogP contribution in [0.1, 0.15) is 12.8 Å². The van der Waals surface area contributed by atoms with Crippen LogP contribution in [-0.4, -0.2) is 55.3 Å². The summed E-state index contributed by atoms with van der Waals surface area (Å²) in [7, 11) is 2.17. The molecule has 0 aromatic heterocycles. The summed E-state index contributed by atoms with van der Waals surface area (Å²) in [5, 5.41) is 12.5. The van der Waals surface area contributed by atoms with E-state index in [0.29, 0.717) is 12.5 Å². The van der Waals surface area contributed by atoms with Crippen molar-refractivity contribution in [3.63, 3.8) is 0 Å². The van der Waals surface area contributed by atoms with E-state index in [1.807, 2.05) is 24.3 Å². The lowest BCUT2D eigenvalue weighted by Gasteiger charge is -2.28. The van der Waals surface area contributed by atoms with E-state index in [0.717, 1.165) is 18.0 Å². The van der Waals surface area contributed by atoms with E-state index in [9.17, 15) is 5.11 Å². The number of nitrogens with one attached hydrogen (secondary N) is 1. The zero-order chi connectivity index (χ0) is 15.1. The van der Waals surface area contributed by atoms with Crippen LogP contribution in [0.2, 0.25) is 0 Å². The van der Waals surface area contributed by atoms with E-state index < -0.39 is 6.10 Å². The number of rotatable bonds is 7. The van der Waals surface area contributed by atoms with Crippen molar-refractivity contribution in [2.75, 3.05) is 44.5 Å². The highest BCUT2D eigenvalue weighted by molar-refractivity contribution is 6.18. The standard InChI is InChI=1S/C16H25ClN2O2/c1-19-8-6-13(7-9-19)12-21-16-4-2-14(3-5-16)18-11-15(20)10-17/h2-5,13,15,18,20H,6-12H2,1H3. The van der Waals surface area contributed by atoms with Crippen LogP contribution in [-0.2, 0) is 0 Å². The monoisotopic (exact) mass is 312 g/mol. The summed E-state index contributed by atoms with van der Waals surface area (Å²) in [6.45, 7) is 3.59. The van der Waals surface area contributed by atoms with Crippen LogP contribution in [0.5, 0.6) is 5.75 Å². The van der Waals surface area contributed by atoms with Gasteiger partial charge in [-0.25, -0.2) is 0 Å². The second-order valence-electron chi connectivity index (χ2n) is 5.77. The van der Waals surface area contributed by atoms with E-state index in [-0.39, 0.29) is 5.88 Å². The van der Waals surface area contributed by atoms with Crippen molar-refractivity contribution >= 4 is 17.3 Å². The number of ether oxygens (including phenoxy) is 1. The molecule has 1 aromatic rings. The molecule has 0 radical (unpaired) electrons. The molecular formula is C16H25ClN2O2. The molecular weight excluding hydrogens is 288 g/mol. The zero-order valence-electron chi connectivity index (χ0n) is 12.6. The molecule has 1 fully saturated rings. The van der Waals surface area contributed by atoms with Crippen LogP contribution in [0.25, 0.3) is 0 Å². The van der Waals surface area contributed by atoms with E-state index in [2.05, 4.69) is 17.3 Å². The lowest BCUT2D eigenvalue weighted by atomic mass is 9.98. The van der Waals surface area contributed by atoms with E-state index in [1.165, 1.54) is 25.9 Å². The SMILES string of the molecule is CN1CCC(COc2ccc(NCC(O)CCl)cc2)CC1. The van der Waals surface area contributed by atoms with Crippen LogP contribution in [0.15, 0.2) is 24.3 Å². The first-order valence-corrected chi connectivity index (χ1v) is 8.10. The number of hydrogen-bond acceptors (Lipinski definition) is 4. The molecule has 1 saturated heterocycles. The Morgan fingerprint density at radius 1 is 1.33 bits per heavy atom. The molecule has 2 rings (SSSR count). The number of aliphatic hydroxyl groups excluding tert-OH is 1. The van der Waals surface area contributed by atoms with Crippen molar-refractivity contribution in [1.29, 1.82) is 0 Å². The summed E-state index contributed by atoms with van der Waals surface area (Å²) in [5.41, 5.74) is 0.964. The molecule has 4 nitrogen and oxygen atoms in total. The van der Waals surface area contributed by atoms with Crippen LogP contribution in [0.4, 0.5) is 5.69 Å². The molecule has 1 aliphatic heterocycles. The van der Waals surface area contributed by atoms with Gasteiger partial charge >= 0.3 is 0 Å². The van der Waals surface area contributed by atoms with Crippen molar-refractivity contribution in [2.45, 2.75) is 18.9 Å². The van der Waals surface area contributed by atoms with Gasteiger partial charge in [-0.3, -0.25) is 0 Å². The van der Waals surface area contributed by atoms with Gasteiger partial charge in [0.25, 0.3) is 0 Å². The average molecular weight is 313 g/mol. The van der Waals surface area contributed by atoms with Crippen LogP contribution in [0.3, 0.4) is 0 Å². The second-order valence-corrected chi connectivity index (χ2v) is 6.08. The molecule has 0 amide bonds. The fraction of sp³-hybridized carbons (Fsp3) is 0.625. The molecule has 2 N–H and O–H groups in total. The maximum atomic E-state index is 9.40. The summed E-state index contributed by atoms with van der Waals surface area (Å²) in [6.07, 6.45) is 1.91. The third-order valence-electron chi connectivity index (χ3n) is 3.90.